The van der Waals surface area contributed by atoms with Gasteiger partial charge in [-0.2, -0.15) is 0 Å². The van der Waals surface area contributed by atoms with Gasteiger partial charge in [-0.05, 0) is 30.5 Å². The van der Waals surface area contributed by atoms with Crippen molar-refractivity contribution >= 4 is 5.91 Å². The van der Waals surface area contributed by atoms with Crippen LogP contribution >= 0.6 is 0 Å². The van der Waals surface area contributed by atoms with Crippen LogP contribution in [0, 0.1) is 18.7 Å². The highest BCUT2D eigenvalue weighted by Crippen LogP contribution is 2.09. The first-order chi connectivity index (χ1) is 7.50. The standard InChI is InChI=1S/C12H16FNO2/c1-8(2)7-16-14-12(15)11-6-10(13)5-4-9(11)3/h4-6,8H,7H2,1-3H3,(H,14,15). The SMILES string of the molecule is Cc1ccc(F)cc1C(=O)NOCC(C)C. The van der Waals surface area contributed by atoms with Gasteiger partial charge in [-0.3, -0.25) is 9.63 Å². The van der Waals surface area contributed by atoms with Crippen LogP contribution in [0.25, 0.3) is 0 Å². The molecule has 1 aromatic carbocycles. The van der Waals surface area contributed by atoms with Crippen molar-refractivity contribution < 1.29 is 14.0 Å². The van der Waals surface area contributed by atoms with Gasteiger partial charge in [0.25, 0.3) is 5.91 Å². The topological polar surface area (TPSA) is 38.3 Å². The number of benzene rings is 1. The Balaban J connectivity index is 2.62. The molecule has 88 valence electrons. The molecule has 0 bridgehead atoms. The van der Waals surface area contributed by atoms with Gasteiger partial charge in [0.05, 0.1) is 6.61 Å². The van der Waals surface area contributed by atoms with Crippen LogP contribution in [0.4, 0.5) is 4.39 Å². The predicted octanol–water partition coefficient (Wildman–Crippen LogP) is 2.45. The summed E-state index contributed by atoms with van der Waals surface area (Å²) in [6.07, 6.45) is 0. The zero-order valence-electron chi connectivity index (χ0n) is 9.71. The maximum atomic E-state index is 12.9. The molecule has 1 aromatic rings. The number of hydrogen-bond acceptors (Lipinski definition) is 2. The van der Waals surface area contributed by atoms with Crippen LogP contribution in [0.1, 0.15) is 29.8 Å². The second kappa shape index (κ2) is 5.61. The van der Waals surface area contributed by atoms with Gasteiger partial charge in [-0.15, -0.1) is 0 Å². The molecule has 1 rings (SSSR count). The maximum absolute atomic E-state index is 12.9. The minimum Gasteiger partial charge on any atom is -0.273 e. The van der Waals surface area contributed by atoms with E-state index in [1.165, 1.54) is 12.1 Å². The van der Waals surface area contributed by atoms with Crippen molar-refractivity contribution in [2.24, 2.45) is 5.92 Å². The molecule has 0 heterocycles. The molecular weight excluding hydrogens is 209 g/mol. The number of amides is 1. The summed E-state index contributed by atoms with van der Waals surface area (Å²) in [4.78, 5) is 16.6. The lowest BCUT2D eigenvalue weighted by atomic mass is 10.1. The van der Waals surface area contributed by atoms with Crippen molar-refractivity contribution in [2.45, 2.75) is 20.8 Å². The first-order valence-electron chi connectivity index (χ1n) is 5.19. The Labute approximate surface area is 94.6 Å². The van der Waals surface area contributed by atoms with Crippen molar-refractivity contribution in [3.8, 4) is 0 Å². The van der Waals surface area contributed by atoms with Crippen molar-refractivity contribution in [3.05, 3.63) is 35.1 Å². The lowest BCUT2D eigenvalue weighted by Gasteiger charge is -2.09. The van der Waals surface area contributed by atoms with Crippen molar-refractivity contribution in [1.29, 1.82) is 0 Å². The molecule has 1 amide bonds. The Morgan fingerprint density at radius 1 is 1.50 bits per heavy atom. The Morgan fingerprint density at radius 2 is 2.19 bits per heavy atom. The third kappa shape index (κ3) is 3.62. The average Bonchev–Trinajstić information content (AvgIpc) is 2.21. The molecule has 0 fully saturated rings. The summed E-state index contributed by atoms with van der Waals surface area (Å²) in [6, 6.07) is 4.08. The fourth-order valence-corrected chi connectivity index (χ4v) is 1.17. The van der Waals surface area contributed by atoms with E-state index in [1.54, 1.807) is 13.0 Å². The molecule has 0 aromatic heterocycles. The Kier molecular flexibility index (Phi) is 4.43. The molecule has 1 N–H and O–H groups in total. The summed E-state index contributed by atoms with van der Waals surface area (Å²) in [7, 11) is 0. The van der Waals surface area contributed by atoms with E-state index < -0.39 is 11.7 Å². The molecule has 0 saturated carbocycles. The lowest BCUT2D eigenvalue weighted by Crippen LogP contribution is -2.26. The zero-order valence-corrected chi connectivity index (χ0v) is 9.71. The van der Waals surface area contributed by atoms with Crippen LogP contribution in [0.3, 0.4) is 0 Å². The molecule has 16 heavy (non-hydrogen) atoms. The Bertz CT molecular complexity index is 377. The largest absolute Gasteiger partial charge is 0.275 e. The number of hydrogen-bond donors (Lipinski definition) is 1. The smallest absolute Gasteiger partial charge is 0.273 e. The van der Waals surface area contributed by atoms with Crippen molar-refractivity contribution in [2.75, 3.05) is 6.61 Å². The van der Waals surface area contributed by atoms with Gasteiger partial charge >= 0.3 is 0 Å². The molecule has 0 saturated heterocycles. The van der Waals surface area contributed by atoms with E-state index >= 15 is 0 Å². The monoisotopic (exact) mass is 225 g/mol. The van der Waals surface area contributed by atoms with Crippen LogP contribution in [0.2, 0.25) is 0 Å². The van der Waals surface area contributed by atoms with Gasteiger partial charge in [-0.25, -0.2) is 9.87 Å². The number of halogens is 1. The molecule has 0 aliphatic heterocycles. The summed E-state index contributed by atoms with van der Waals surface area (Å²) in [5, 5.41) is 0. The minimum atomic E-state index is -0.431. The first-order valence-corrected chi connectivity index (χ1v) is 5.19. The number of carbonyl (C=O) groups excluding carboxylic acids is 1. The van der Waals surface area contributed by atoms with E-state index in [2.05, 4.69) is 5.48 Å². The number of rotatable bonds is 4. The molecule has 0 atom stereocenters. The van der Waals surface area contributed by atoms with Gasteiger partial charge in [-0.1, -0.05) is 19.9 Å². The average molecular weight is 225 g/mol. The maximum Gasteiger partial charge on any atom is 0.275 e. The van der Waals surface area contributed by atoms with Crippen LogP contribution in [-0.2, 0) is 4.84 Å². The van der Waals surface area contributed by atoms with Crippen LogP contribution < -0.4 is 5.48 Å². The highest BCUT2D eigenvalue weighted by atomic mass is 19.1. The third-order valence-electron chi connectivity index (χ3n) is 2.03. The molecule has 4 heteroatoms. The lowest BCUT2D eigenvalue weighted by molar-refractivity contribution is 0.0208. The van der Waals surface area contributed by atoms with Gasteiger partial charge in [0.15, 0.2) is 0 Å². The zero-order chi connectivity index (χ0) is 12.1. The van der Waals surface area contributed by atoms with Gasteiger partial charge in [0.1, 0.15) is 5.82 Å². The van der Waals surface area contributed by atoms with Gasteiger partial charge in [0.2, 0.25) is 0 Å². The third-order valence-corrected chi connectivity index (χ3v) is 2.03. The molecule has 0 radical (unpaired) electrons. The van der Waals surface area contributed by atoms with E-state index in [-0.39, 0.29) is 0 Å². The van der Waals surface area contributed by atoms with Gasteiger partial charge < -0.3 is 0 Å². The number of aryl methyl sites for hydroxylation is 1. The first kappa shape index (κ1) is 12.6. The van der Waals surface area contributed by atoms with E-state index in [0.717, 1.165) is 0 Å². The molecular formula is C12H16FNO2. The van der Waals surface area contributed by atoms with Crippen LogP contribution in [0.15, 0.2) is 18.2 Å². The number of nitrogens with one attached hydrogen (secondary N) is 1. The van der Waals surface area contributed by atoms with Crippen LogP contribution in [0.5, 0.6) is 0 Å². The van der Waals surface area contributed by atoms with E-state index in [1.807, 2.05) is 13.8 Å². The Morgan fingerprint density at radius 3 is 2.81 bits per heavy atom. The van der Waals surface area contributed by atoms with Crippen LogP contribution in [-0.4, -0.2) is 12.5 Å². The predicted molar refractivity (Wildman–Crippen MR) is 59.4 cm³/mol. The normalized spacial score (nSPS) is 10.6. The summed E-state index contributed by atoms with van der Waals surface area (Å²) in [5.74, 6) is -0.522. The molecule has 0 aliphatic carbocycles. The number of hydroxylamine groups is 1. The highest BCUT2D eigenvalue weighted by molar-refractivity contribution is 5.94. The second-order valence-electron chi connectivity index (χ2n) is 4.10. The fourth-order valence-electron chi connectivity index (χ4n) is 1.17. The molecule has 0 aliphatic rings. The highest BCUT2D eigenvalue weighted by Gasteiger charge is 2.10. The minimum absolute atomic E-state index is 0.295. The van der Waals surface area contributed by atoms with E-state index in [4.69, 9.17) is 4.84 Å². The Hall–Kier alpha value is -1.42. The molecule has 0 unspecified atom stereocenters. The van der Waals surface area contributed by atoms with Crippen molar-refractivity contribution in [3.63, 3.8) is 0 Å². The van der Waals surface area contributed by atoms with E-state index in [9.17, 15) is 9.18 Å². The quantitative estimate of drug-likeness (QED) is 0.799. The summed E-state index contributed by atoms with van der Waals surface area (Å²) in [6.45, 7) is 6.12. The fraction of sp³-hybridized carbons (Fsp3) is 0.417. The summed E-state index contributed by atoms with van der Waals surface area (Å²) >= 11 is 0. The van der Waals surface area contributed by atoms with Crippen molar-refractivity contribution in [1.82, 2.24) is 5.48 Å². The van der Waals surface area contributed by atoms with Gasteiger partial charge in [0, 0.05) is 5.56 Å². The second-order valence-corrected chi connectivity index (χ2v) is 4.10. The van der Waals surface area contributed by atoms with E-state index in [0.29, 0.717) is 23.7 Å². The number of carbonyl (C=O) groups is 1. The molecule has 3 nitrogen and oxygen atoms in total. The summed E-state index contributed by atoms with van der Waals surface area (Å²) < 4.78 is 12.9. The summed E-state index contributed by atoms with van der Waals surface area (Å²) in [5.41, 5.74) is 3.30. The molecule has 0 spiro atoms.